The molecular weight excluding hydrogens is 471 g/mol. The van der Waals surface area contributed by atoms with E-state index >= 15 is 0 Å². The van der Waals surface area contributed by atoms with E-state index < -0.39 is 5.60 Å². The van der Waals surface area contributed by atoms with Crippen LogP contribution in [0.3, 0.4) is 0 Å². The number of aliphatic imine (C=N–C) groups is 1. The van der Waals surface area contributed by atoms with E-state index in [9.17, 15) is 5.11 Å². The number of piperidine rings is 1. The van der Waals surface area contributed by atoms with Gasteiger partial charge in [0.2, 0.25) is 0 Å². The van der Waals surface area contributed by atoms with Gasteiger partial charge in [-0.15, -0.1) is 24.0 Å². The molecule has 7 nitrogen and oxygen atoms in total. The monoisotopic (exact) mass is 508 g/mol. The van der Waals surface area contributed by atoms with E-state index in [0.717, 1.165) is 51.6 Å². The quantitative estimate of drug-likeness (QED) is 0.270. The summed E-state index contributed by atoms with van der Waals surface area (Å²) in [5, 5.41) is 17.4. The first-order valence-electron chi connectivity index (χ1n) is 10.1. The fourth-order valence-electron chi connectivity index (χ4n) is 3.13. The molecule has 8 heteroatoms. The maximum Gasteiger partial charge on any atom is 0.191 e. The van der Waals surface area contributed by atoms with Crippen molar-refractivity contribution in [3.8, 4) is 0 Å². The number of rotatable bonds is 9. The third kappa shape index (κ3) is 8.67. The first-order chi connectivity index (χ1) is 12.9. The summed E-state index contributed by atoms with van der Waals surface area (Å²) < 4.78 is 11.0. The van der Waals surface area contributed by atoms with Crippen LogP contribution in [-0.2, 0) is 10.3 Å². The van der Waals surface area contributed by atoms with Crippen LogP contribution in [0.15, 0.2) is 27.8 Å². The van der Waals surface area contributed by atoms with Crippen LogP contribution in [-0.4, -0.2) is 67.4 Å². The second kappa shape index (κ2) is 12.7. The molecule has 1 aromatic heterocycles. The molecule has 2 heterocycles. The van der Waals surface area contributed by atoms with Gasteiger partial charge in [-0.3, -0.25) is 0 Å². The summed E-state index contributed by atoms with van der Waals surface area (Å²) in [6.45, 7) is 12.8. The van der Waals surface area contributed by atoms with Crippen molar-refractivity contribution in [2.45, 2.75) is 58.3 Å². The maximum atomic E-state index is 10.6. The van der Waals surface area contributed by atoms with Crippen molar-refractivity contribution in [3.63, 3.8) is 0 Å². The molecular formula is C20H37IN4O3. The van der Waals surface area contributed by atoms with Gasteiger partial charge in [-0.2, -0.15) is 0 Å². The molecule has 1 atom stereocenters. The summed E-state index contributed by atoms with van der Waals surface area (Å²) in [6, 6.07) is 3.93. The number of furan rings is 1. The minimum Gasteiger partial charge on any atom is -0.466 e. The van der Waals surface area contributed by atoms with Crippen LogP contribution < -0.4 is 10.6 Å². The third-order valence-corrected chi connectivity index (χ3v) is 4.73. The van der Waals surface area contributed by atoms with Crippen LogP contribution in [0.2, 0.25) is 0 Å². The number of hydrogen-bond acceptors (Lipinski definition) is 5. The number of guanidine groups is 1. The molecule has 2 rings (SSSR count). The van der Waals surface area contributed by atoms with Crippen LogP contribution in [0.5, 0.6) is 0 Å². The molecule has 3 N–H and O–H groups in total. The molecule has 162 valence electrons. The van der Waals surface area contributed by atoms with E-state index in [0.29, 0.717) is 17.9 Å². The highest BCUT2D eigenvalue weighted by Gasteiger charge is 2.26. The number of halogens is 1. The Balaban J connectivity index is 0.00000392. The summed E-state index contributed by atoms with van der Waals surface area (Å²) >= 11 is 0. The molecule has 0 amide bonds. The van der Waals surface area contributed by atoms with Gasteiger partial charge in [0.25, 0.3) is 0 Å². The SMILES string of the molecule is CCNC(=NCC(C)(O)c1ccco1)NC1CCN(CCOC(C)C)CC1.I. The highest BCUT2D eigenvalue weighted by molar-refractivity contribution is 14.0. The molecule has 1 aliphatic rings. The number of nitrogens with zero attached hydrogens (tertiary/aromatic N) is 2. The highest BCUT2D eigenvalue weighted by atomic mass is 127. The zero-order valence-electron chi connectivity index (χ0n) is 17.6. The lowest BCUT2D eigenvalue weighted by Crippen LogP contribution is -2.49. The van der Waals surface area contributed by atoms with Crippen LogP contribution in [0, 0.1) is 0 Å². The van der Waals surface area contributed by atoms with Gasteiger partial charge in [0, 0.05) is 32.2 Å². The van der Waals surface area contributed by atoms with Crippen molar-refractivity contribution in [2.24, 2.45) is 4.99 Å². The molecule has 1 aliphatic heterocycles. The first-order valence-corrected chi connectivity index (χ1v) is 10.1. The second-order valence-electron chi connectivity index (χ2n) is 7.63. The number of likely N-dealkylation sites (tertiary alicyclic amines) is 1. The van der Waals surface area contributed by atoms with Gasteiger partial charge >= 0.3 is 0 Å². The Morgan fingerprint density at radius 2 is 2.14 bits per heavy atom. The lowest BCUT2D eigenvalue weighted by Gasteiger charge is -2.33. The molecule has 1 unspecified atom stereocenters. The zero-order chi connectivity index (χ0) is 19.7. The molecule has 0 aromatic carbocycles. The zero-order valence-corrected chi connectivity index (χ0v) is 19.9. The van der Waals surface area contributed by atoms with E-state index in [2.05, 4.69) is 34.4 Å². The number of nitrogens with one attached hydrogen (secondary N) is 2. The Morgan fingerprint density at radius 1 is 1.43 bits per heavy atom. The van der Waals surface area contributed by atoms with Crippen molar-refractivity contribution >= 4 is 29.9 Å². The standard InChI is InChI=1S/C20H36N4O3.HI/c1-5-21-19(22-15-20(4,25)18-7-6-13-27-18)23-17-8-10-24(11-9-17)12-14-26-16(2)3;/h6-7,13,16-17,25H,5,8-12,14-15H2,1-4H3,(H2,21,22,23);1H. The minimum absolute atomic E-state index is 0. The van der Waals surface area contributed by atoms with Gasteiger partial charge in [-0.1, -0.05) is 0 Å². The summed E-state index contributed by atoms with van der Waals surface area (Å²) in [6.07, 6.45) is 4.00. The summed E-state index contributed by atoms with van der Waals surface area (Å²) in [5.74, 6) is 1.27. The predicted molar refractivity (Wildman–Crippen MR) is 123 cm³/mol. The first kappa shape index (κ1) is 25.2. The lowest BCUT2D eigenvalue weighted by atomic mass is 10.0. The summed E-state index contributed by atoms with van der Waals surface area (Å²) in [7, 11) is 0. The van der Waals surface area contributed by atoms with Crippen molar-refractivity contribution < 1.29 is 14.3 Å². The Kier molecular flexibility index (Phi) is 11.4. The van der Waals surface area contributed by atoms with Gasteiger partial charge in [-0.05, 0) is 52.7 Å². The maximum absolute atomic E-state index is 10.6. The van der Waals surface area contributed by atoms with Crippen LogP contribution in [0.4, 0.5) is 0 Å². The fourth-order valence-corrected chi connectivity index (χ4v) is 3.13. The molecule has 0 spiro atoms. The fraction of sp³-hybridized carbons (Fsp3) is 0.750. The Morgan fingerprint density at radius 3 is 2.71 bits per heavy atom. The van der Waals surface area contributed by atoms with E-state index in [1.54, 1.807) is 25.3 Å². The third-order valence-electron chi connectivity index (χ3n) is 4.73. The van der Waals surface area contributed by atoms with Gasteiger partial charge in [0.15, 0.2) is 5.96 Å². The van der Waals surface area contributed by atoms with Gasteiger partial charge in [0.05, 0.1) is 25.5 Å². The minimum atomic E-state index is -1.12. The number of ether oxygens (including phenoxy) is 1. The molecule has 1 fully saturated rings. The van der Waals surface area contributed by atoms with Gasteiger partial charge in [-0.25, -0.2) is 4.99 Å². The molecule has 0 aliphatic carbocycles. The number of hydrogen-bond donors (Lipinski definition) is 3. The van der Waals surface area contributed by atoms with Crippen LogP contribution in [0.1, 0.15) is 46.3 Å². The Labute approximate surface area is 186 Å². The van der Waals surface area contributed by atoms with Crippen molar-refractivity contribution in [1.29, 1.82) is 0 Å². The van der Waals surface area contributed by atoms with E-state index in [1.165, 1.54) is 0 Å². The molecule has 1 aromatic rings. The van der Waals surface area contributed by atoms with Gasteiger partial charge < -0.3 is 29.8 Å². The lowest BCUT2D eigenvalue weighted by molar-refractivity contribution is 0.0436. The molecule has 0 saturated carbocycles. The Bertz CT molecular complexity index is 556. The van der Waals surface area contributed by atoms with Crippen molar-refractivity contribution in [1.82, 2.24) is 15.5 Å². The van der Waals surface area contributed by atoms with Crippen LogP contribution in [0.25, 0.3) is 0 Å². The smallest absolute Gasteiger partial charge is 0.191 e. The van der Waals surface area contributed by atoms with Gasteiger partial charge in [0.1, 0.15) is 11.4 Å². The normalized spacial score (nSPS) is 18.6. The summed E-state index contributed by atoms with van der Waals surface area (Å²) in [4.78, 5) is 7.02. The van der Waals surface area contributed by atoms with Crippen LogP contribution >= 0.6 is 24.0 Å². The molecule has 0 bridgehead atoms. The number of aliphatic hydroxyl groups is 1. The Hall–Kier alpha value is -0.840. The second-order valence-corrected chi connectivity index (χ2v) is 7.63. The highest BCUT2D eigenvalue weighted by Crippen LogP contribution is 2.21. The molecule has 28 heavy (non-hydrogen) atoms. The van der Waals surface area contributed by atoms with E-state index in [4.69, 9.17) is 9.15 Å². The van der Waals surface area contributed by atoms with Crippen molar-refractivity contribution in [2.75, 3.05) is 39.3 Å². The topological polar surface area (TPSA) is 82.3 Å². The average molecular weight is 508 g/mol. The van der Waals surface area contributed by atoms with Crippen molar-refractivity contribution in [3.05, 3.63) is 24.2 Å². The molecule has 0 radical (unpaired) electrons. The predicted octanol–water partition coefficient (Wildman–Crippen LogP) is 2.55. The summed E-state index contributed by atoms with van der Waals surface area (Å²) in [5.41, 5.74) is -1.12. The molecule has 1 saturated heterocycles. The van der Waals surface area contributed by atoms with E-state index in [1.807, 2.05) is 6.92 Å². The largest absolute Gasteiger partial charge is 0.466 e. The average Bonchev–Trinajstić information content (AvgIpc) is 3.17. The van der Waals surface area contributed by atoms with E-state index in [-0.39, 0.29) is 30.5 Å².